The summed E-state index contributed by atoms with van der Waals surface area (Å²) in [5.74, 6) is -1.86. The Morgan fingerprint density at radius 2 is 0.817 bits per heavy atom. The van der Waals surface area contributed by atoms with Gasteiger partial charge in [0, 0.05) is 0 Å². The Morgan fingerprint density at radius 3 is 1.15 bits per heavy atom. The minimum atomic E-state index is -5.26. The number of halogens is 2. The zero-order chi connectivity index (χ0) is 42.8. The first kappa shape index (κ1) is 43.1. The molecule has 0 fully saturated rings. The van der Waals surface area contributed by atoms with Gasteiger partial charge in [-0.2, -0.15) is 0 Å². The van der Waals surface area contributed by atoms with E-state index in [1.54, 1.807) is 0 Å². The van der Waals surface area contributed by atoms with Crippen LogP contribution < -0.4 is 0 Å². The van der Waals surface area contributed by atoms with Crippen LogP contribution in [0.3, 0.4) is 0 Å². The summed E-state index contributed by atoms with van der Waals surface area (Å²) in [5, 5.41) is 0. The van der Waals surface area contributed by atoms with E-state index in [0.717, 1.165) is 12.8 Å². The Morgan fingerprint density at radius 1 is 0.467 bits per heavy atom. The van der Waals surface area contributed by atoms with Crippen molar-refractivity contribution >= 4 is 35.1 Å². The second kappa shape index (κ2) is 16.0. The topological polar surface area (TPSA) is 0 Å². The fourth-order valence-electron chi connectivity index (χ4n) is 10.7. The molecule has 8 rings (SSSR count). The van der Waals surface area contributed by atoms with Crippen molar-refractivity contribution in [2.75, 3.05) is 0 Å². The molecule has 2 aliphatic rings. The van der Waals surface area contributed by atoms with Crippen molar-refractivity contribution in [1.29, 1.82) is 0 Å². The fraction of sp³-hybridized carbons (Fsp3) is 0.286. The molecular formula is C56H61Cl2SiZr. The van der Waals surface area contributed by atoms with Crippen LogP contribution in [-0.4, -0.2) is 5.92 Å². The predicted octanol–water partition coefficient (Wildman–Crippen LogP) is 17.1. The first-order valence-corrected chi connectivity index (χ1v) is 38.4. The van der Waals surface area contributed by atoms with E-state index in [1.165, 1.54) is 89.0 Å². The van der Waals surface area contributed by atoms with E-state index in [4.69, 9.17) is 0 Å². The molecule has 307 valence electrons. The van der Waals surface area contributed by atoms with E-state index in [-0.39, 0.29) is 18.1 Å². The SMILES string of the molecule is CCc1ccccc1-c1c(-c2ccccc2)ccc2c1C=C(C(C)(C)C)[CH]2[Zr]([Cl])([Cl])([CH]1C(C(C)(C)C)=Cc2c1ccc(-c1ccccc1)c2-c1ccccc1CC)[SiH](C)C. The normalized spacial score (nSPS) is 17.2. The molecule has 0 saturated carbocycles. The van der Waals surface area contributed by atoms with Gasteiger partial charge in [0.2, 0.25) is 0 Å². The van der Waals surface area contributed by atoms with Crippen LogP contribution in [0.15, 0.2) is 145 Å². The van der Waals surface area contributed by atoms with Crippen LogP contribution >= 0.6 is 17.0 Å². The van der Waals surface area contributed by atoms with Gasteiger partial charge >= 0.3 is 373 Å². The standard InChI is InChI=1S/2C27H27.C2H7Si.2ClH.Zr/c2*1-5-19-11-9-10-14-23(19)26-24(20-12-7-6-8-13-20)16-15-21-17-22(18-25(21)26)27(2,3)4;1-3-2;;;/h2*6-18H,5H2,1-4H3;3H,1-2H3;2*1H;/q;;;;;+2/p-2. The van der Waals surface area contributed by atoms with Gasteiger partial charge in [-0.05, 0) is 0 Å². The molecule has 0 saturated heterocycles. The van der Waals surface area contributed by atoms with Crippen molar-refractivity contribution in [3.05, 3.63) is 178 Å². The molecule has 2 unspecified atom stereocenters. The summed E-state index contributed by atoms with van der Waals surface area (Å²) in [6.07, 6.45) is 7.02. The summed E-state index contributed by atoms with van der Waals surface area (Å²) in [4.78, 5) is 0. The molecule has 0 spiro atoms. The third-order valence-electron chi connectivity index (χ3n) is 13.8. The van der Waals surface area contributed by atoms with Crippen molar-refractivity contribution in [2.24, 2.45) is 10.8 Å². The van der Waals surface area contributed by atoms with Gasteiger partial charge in [0.1, 0.15) is 0 Å². The summed E-state index contributed by atoms with van der Waals surface area (Å²) in [6.45, 7) is 23.8. The molecule has 0 aromatic heterocycles. The molecule has 4 heteroatoms. The zero-order valence-corrected chi connectivity index (χ0v) is 42.4. The van der Waals surface area contributed by atoms with Crippen LogP contribution in [0.4, 0.5) is 0 Å². The third kappa shape index (κ3) is 7.07. The first-order valence-electron chi connectivity index (χ1n) is 22.1. The quantitative estimate of drug-likeness (QED) is 0.127. The van der Waals surface area contributed by atoms with E-state index in [9.17, 15) is 17.0 Å². The molecule has 6 aromatic rings. The van der Waals surface area contributed by atoms with Gasteiger partial charge in [-0.1, -0.05) is 0 Å². The molecule has 0 heterocycles. The number of allylic oxidation sites excluding steroid dienone is 2. The average molecular weight is 924 g/mol. The molecule has 2 atom stereocenters. The van der Waals surface area contributed by atoms with Crippen LogP contribution in [-0.2, 0) is 28.4 Å². The number of aryl methyl sites for hydroxylation is 2. The number of fused-ring (bicyclic) bond motifs is 2. The van der Waals surface area contributed by atoms with Crippen LogP contribution in [0.2, 0.25) is 13.1 Å². The summed E-state index contributed by atoms with van der Waals surface area (Å²) >= 11 is -5.26. The molecule has 0 bridgehead atoms. The van der Waals surface area contributed by atoms with Gasteiger partial charge in [0.25, 0.3) is 0 Å². The summed E-state index contributed by atoms with van der Waals surface area (Å²) in [5.41, 5.74) is 20.6. The van der Waals surface area contributed by atoms with Crippen LogP contribution in [0.1, 0.15) is 96.0 Å². The molecule has 6 aromatic carbocycles. The second-order valence-corrected chi connectivity index (χ2v) is 62.2. The second-order valence-electron chi connectivity index (χ2n) is 19.7. The van der Waals surface area contributed by atoms with Gasteiger partial charge in [0.05, 0.1) is 0 Å². The fourth-order valence-corrected chi connectivity index (χ4v) is 42.1. The number of rotatable bonds is 9. The van der Waals surface area contributed by atoms with Crippen molar-refractivity contribution in [3.8, 4) is 44.5 Å². The number of hydrogen-bond donors (Lipinski definition) is 0. The predicted molar refractivity (Wildman–Crippen MR) is 264 cm³/mol. The molecule has 0 aliphatic heterocycles. The first-order chi connectivity index (χ1) is 28.5. The van der Waals surface area contributed by atoms with Crippen LogP contribution in [0.25, 0.3) is 56.7 Å². The van der Waals surface area contributed by atoms with E-state index in [0.29, 0.717) is 0 Å². The Bertz CT molecular complexity index is 2480. The molecular weight excluding hydrogens is 863 g/mol. The molecule has 0 radical (unpaired) electrons. The van der Waals surface area contributed by atoms with Crippen molar-refractivity contribution in [2.45, 2.75) is 88.6 Å². The average Bonchev–Trinajstić information content (AvgIpc) is 3.86. The van der Waals surface area contributed by atoms with Gasteiger partial charge in [-0.3, -0.25) is 0 Å². The van der Waals surface area contributed by atoms with Gasteiger partial charge < -0.3 is 0 Å². The molecule has 0 nitrogen and oxygen atoms in total. The minimum absolute atomic E-state index is 0.0457. The maximum absolute atomic E-state index is 9.18. The molecule has 60 heavy (non-hydrogen) atoms. The maximum atomic E-state index is 9.18. The molecule has 2 aliphatic carbocycles. The van der Waals surface area contributed by atoms with Gasteiger partial charge in [-0.25, -0.2) is 0 Å². The Hall–Kier alpha value is -3.52. The number of hydrogen-bond acceptors (Lipinski definition) is 0. The van der Waals surface area contributed by atoms with Crippen LogP contribution in [0, 0.1) is 10.8 Å². The summed E-state index contributed by atoms with van der Waals surface area (Å²) in [7, 11) is 18.4. The number of benzene rings is 6. The van der Waals surface area contributed by atoms with E-state index in [1.807, 2.05) is 0 Å². The monoisotopic (exact) mass is 921 g/mol. The van der Waals surface area contributed by atoms with E-state index >= 15 is 0 Å². The van der Waals surface area contributed by atoms with Crippen molar-refractivity contribution in [3.63, 3.8) is 0 Å². The van der Waals surface area contributed by atoms with Crippen LogP contribution in [0.5, 0.6) is 0 Å². The van der Waals surface area contributed by atoms with E-state index in [2.05, 4.69) is 214 Å². The van der Waals surface area contributed by atoms with Crippen molar-refractivity contribution < 1.29 is 15.6 Å². The van der Waals surface area contributed by atoms with Crippen molar-refractivity contribution in [1.82, 2.24) is 0 Å². The zero-order valence-electron chi connectivity index (χ0n) is 37.3. The molecule has 0 N–H and O–H groups in total. The Labute approximate surface area is 369 Å². The summed E-state index contributed by atoms with van der Waals surface area (Å²) in [6, 6.07) is 49.5. The molecule has 0 amide bonds. The Kier molecular flexibility index (Phi) is 11.5. The van der Waals surface area contributed by atoms with Gasteiger partial charge in [-0.15, -0.1) is 0 Å². The Balaban J connectivity index is 1.47. The van der Waals surface area contributed by atoms with Gasteiger partial charge in [0.15, 0.2) is 0 Å². The van der Waals surface area contributed by atoms with E-state index < -0.39 is 21.5 Å². The third-order valence-corrected chi connectivity index (χ3v) is 65.4. The summed E-state index contributed by atoms with van der Waals surface area (Å²) < 4.78 is -0.0913.